The van der Waals surface area contributed by atoms with Crippen LogP contribution in [-0.2, 0) is 4.79 Å². The Labute approximate surface area is 176 Å². The highest BCUT2D eigenvalue weighted by Crippen LogP contribution is 2.27. The van der Waals surface area contributed by atoms with Crippen molar-refractivity contribution >= 4 is 29.0 Å². The van der Waals surface area contributed by atoms with E-state index in [1.165, 1.54) is 4.90 Å². The number of nitrogens with zero attached hydrogens (tertiary/aromatic N) is 3. The molecule has 2 aromatic rings. The zero-order valence-corrected chi connectivity index (χ0v) is 17.2. The van der Waals surface area contributed by atoms with Crippen LogP contribution in [0.2, 0.25) is 5.02 Å². The number of carbonyl (C=O) groups is 2. The fraction of sp³-hybridized carbons (Fsp3) is 0.261. The molecule has 5 nitrogen and oxygen atoms in total. The van der Waals surface area contributed by atoms with E-state index < -0.39 is 0 Å². The quantitative estimate of drug-likeness (QED) is 0.495. The Hall–Kier alpha value is -3.12. The van der Waals surface area contributed by atoms with E-state index in [1.54, 1.807) is 61.3 Å². The van der Waals surface area contributed by atoms with E-state index in [2.05, 4.69) is 12.0 Å². The van der Waals surface area contributed by atoms with Crippen LogP contribution in [0.1, 0.15) is 22.8 Å². The lowest BCUT2D eigenvalue weighted by Gasteiger charge is -2.26. The number of anilines is 1. The minimum atomic E-state index is -0.264. The molecule has 2 rings (SSSR count). The molecule has 0 spiro atoms. The van der Waals surface area contributed by atoms with Crippen LogP contribution in [0.4, 0.5) is 5.69 Å². The second-order valence-corrected chi connectivity index (χ2v) is 7.20. The zero-order chi connectivity index (χ0) is 21.4. The first kappa shape index (κ1) is 22.2. The number of terminal acetylenes is 1. The summed E-state index contributed by atoms with van der Waals surface area (Å²) in [5.74, 6) is 1.76. The van der Waals surface area contributed by atoms with E-state index in [4.69, 9.17) is 23.3 Å². The molecule has 29 heavy (non-hydrogen) atoms. The summed E-state index contributed by atoms with van der Waals surface area (Å²) in [6.45, 7) is 2.31. The van der Waals surface area contributed by atoms with E-state index in [0.717, 1.165) is 0 Å². The molecule has 0 aliphatic rings. The third kappa shape index (κ3) is 5.93. The van der Waals surface area contributed by atoms with Crippen molar-refractivity contribution < 1.29 is 9.59 Å². The predicted molar refractivity (Wildman–Crippen MR) is 115 cm³/mol. The highest BCUT2D eigenvalue weighted by atomic mass is 35.5. The van der Waals surface area contributed by atoms with Gasteiger partial charge in [-0.2, -0.15) is 5.26 Å². The molecule has 1 amide bonds. The number of nitriles is 1. The Morgan fingerprint density at radius 3 is 2.52 bits per heavy atom. The molecule has 0 aromatic heterocycles. The molecule has 0 N–H and O–H groups in total. The summed E-state index contributed by atoms with van der Waals surface area (Å²) in [7, 11) is 1.76. The number of hydrogen-bond acceptors (Lipinski definition) is 4. The Balaban J connectivity index is 2.38. The van der Waals surface area contributed by atoms with Gasteiger partial charge in [-0.15, -0.1) is 6.42 Å². The smallest absolute Gasteiger partial charge is 0.242 e. The highest BCUT2D eigenvalue weighted by Gasteiger charge is 2.23. The van der Waals surface area contributed by atoms with Crippen LogP contribution < -0.4 is 4.90 Å². The fourth-order valence-electron chi connectivity index (χ4n) is 2.96. The Morgan fingerprint density at radius 1 is 1.21 bits per heavy atom. The van der Waals surface area contributed by atoms with Crippen molar-refractivity contribution in [3.63, 3.8) is 0 Å². The molecular weight excluding hydrogens is 386 g/mol. The van der Waals surface area contributed by atoms with E-state index in [-0.39, 0.29) is 30.7 Å². The van der Waals surface area contributed by atoms with Crippen LogP contribution in [0, 0.1) is 29.6 Å². The molecule has 0 fully saturated rings. The van der Waals surface area contributed by atoms with Gasteiger partial charge in [0.25, 0.3) is 0 Å². The molecule has 148 valence electrons. The third-order valence-electron chi connectivity index (χ3n) is 4.29. The van der Waals surface area contributed by atoms with Gasteiger partial charge in [-0.05, 0) is 32.2 Å². The molecule has 0 saturated heterocycles. The topological polar surface area (TPSA) is 64.4 Å². The lowest BCUT2D eigenvalue weighted by molar-refractivity contribution is -0.119. The number of amides is 1. The molecule has 0 heterocycles. The van der Waals surface area contributed by atoms with E-state index >= 15 is 0 Å². The summed E-state index contributed by atoms with van der Waals surface area (Å²) in [6, 6.07) is 15.7. The van der Waals surface area contributed by atoms with Crippen molar-refractivity contribution in [2.75, 3.05) is 31.6 Å². The van der Waals surface area contributed by atoms with Crippen molar-refractivity contribution in [1.29, 1.82) is 5.26 Å². The Kier molecular flexibility index (Phi) is 7.98. The van der Waals surface area contributed by atoms with Crippen LogP contribution in [0.5, 0.6) is 0 Å². The van der Waals surface area contributed by atoms with Crippen molar-refractivity contribution in [3.8, 4) is 18.4 Å². The van der Waals surface area contributed by atoms with Crippen LogP contribution in [0.3, 0.4) is 0 Å². The monoisotopic (exact) mass is 407 g/mol. The average Bonchev–Trinajstić information content (AvgIpc) is 2.72. The van der Waals surface area contributed by atoms with Gasteiger partial charge < -0.3 is 0 Å². The predicted octanol–water partition coefficient (Wildman–Crippen LogP) is 3.63. The second kappa shape index (κ2) is 10.4. The molecule has 2 aromatic carbocycles. The maximum atomic E-state index is 13.1. The van der Waals surface area contributed by atoms with Gasteiger partial charge in [0, 0.05) is 22.7 Å². The minimum Gasteiger partial charge on any atom is -0.299 e. The first-order valence-electron chi connectivity index (χ1n) is 9.08. The fourth-order valence-corrected chi connectivity index (χ4v) is 3.13. The van der Waals surface area contributed by atoms with Gasteiger partial charge in [-0.1, -0.05) is 47.9 Å². The number of rotatable bonds is 8. The summed E-state index contributed by atoms with van der Waals surface area (Å²) in [5, 5.41) is 9.36. The third-order valence-corrected chi connectivity index (χ3v) is 4.53. The van der Waals surface area contributed by atoms with Crippen molar-refractivity contribution in [2.45, 2.75) is 6.92 Å². The van der Waals surface area contributed by atoms with Gasteiger partial charge in [0.2, 0.25) is 5.91 Å². The maximum absolute atomic E-state index is 13.1. The van der Waals surface area contributed by atoms with E-state index in [0.29, 0.717) is 28.4 Å². The number of ketones is 1. The Bertz CT molecular complexity index is 960. The van der Waals surface area contributed by atoms with Gasteiger partial charge in [0.15, 0.2) is 5.78 Å². The van der Waals surface area contributed by atoms with Gasteiger partial charge in [-0.3, -0.25) is 19.4 Å². The molecular formula is C23H22ClN3O2. The van der Waals surface area contributed by atoms with Crippen molar-refractivity contribution in [2.24, 2.45) is 5.92 Å². The average molecular weight is 408 g/mol. The number of benzene rings is 2. The van der Waals surface area contributed by atoms with E-state index in [1.807, 2.05) is 6.07 Å². The first-order chi connectivity index (χ1) is 13.9. The molecule has 6 heteroatoms. The summed E-state index contributed by atoms with van der Waals surface area (Å²) >= 11 is 6.13. The van der Waals surface area contributed by atoms with Gasteiger partial charge in [0.05, 0.1) is 30.8 Å². The molecule has 0 bridgehead atoms. The normalized spacial score (nSPS) is 11.4. The zero-order valence-electron chi connectivity index (χ0n) is 16.4. The molecule has 0 aliphatic heterocycles. The van der Waals surface area contributed by atoms with Crippen LogP contribution in [0.25, 0.3) is 0 Å². The number of halogens is 1. The van der Waals surface area contributed by atoms with Gasteiger partial charge in [-0.25, -0.2) is 0 Å². The van der Waals surface area contributed by atoms with Crippen LogP contribution >= 0.6 is 11.6 Å². The lowest BCUT2D eigenvalue weighted by Crippen LogP contribution is -2.41. The van der Waals surface area contributed by atoms with Crippen LogP contribution in [-0.4, -0.2) is 43.3 Å². The molecule has 0 aliphatic carbocycles. The number of hydrogen-bond donors (Lipinski definition) is 0. The second-order valence-electron chi connectivity index (χ2n) is 6.77. The van der Waals surface area contributed by atoms with Crippen molar-refractivity contribution in [3.05, 3.63) is 64.7 Å². The van der Waals surface area contributed by atoms with Crippen molar-refractivity contribution in [1.82, 2.24) is 4.90 Å². The van der Waals surface area contributed by atoms with Gasteiger partial charge >= 0.3 is 0 Å². The Morgan fingerprint density at radius 2 is 1.90 bits per heavy atom. The molecule has 1 unspecified atom stereocenters. The molecule has 0 saturated carbocycles. The summed E-state index contributed by atoms with van der Waals surface area (Å²) in [6.07, 6.45) is 5.49. The molecule has 1 atom stereocenters. The standard InChI is InChI=1S/C23H22ClN3O2/c1-4-12-27(22(28)16-26(3)15-17(2)14-25)21-11-10-19(24)13-20(21)23(29)18-8-6-5-7-9-18/h1,5-11,13,17H,12,15-16H2,2-3H3. The summed E-state index contributed by atoms with van der Waals surface area (Å²) < 4.78 is 0. The maximum Gasteiger partial charge on any atom is 0.242 e. The molecule has 0 radical (unpaired) electrons. The number of likely N-dealkylation sites (N-methyl/N-ethyl adjacent to an activating group) is 1. The number of carbonyl (C=O) groups excluding carboxylic acids is 2. The highest BCUT2D eigenvalue weighted by molar-refractivity contribution is 6.31. The van der Waals surface area contributed by atoms with E-state index in [9.17, 15) is 9.59 Å². The minimum absolute atomic E-state index is 0.0111. The first-order valence-corrected chi connectivity index (χ1v) is 9.46. The summed E-state index contributed by atoms with van der Waals surface area (Å²) in [5.41, 5.74) is 1.21. The van der Waals surface area contributed by atoms with Crippen LogP contribution in [0.15, 0.2) is 48.5 Å². The SMILES string of the molecule is C#CCN(C(=O)CN(C)CC(C)C#N)c1ccc(Cl)cc1C(=O)c1ccccc1. The summed E-state index contributed by atoms with van der Waals surface area (Å²) in [4.78, 5) is 29.2. The largest absolute Gasteiger partial charge is 0.299 e. The van der Waals surface area contributed by atoms with Gasteiger partial charge in [0.1, 0.15) is 0 Å². The lowest BCUT2D eigenvalue weighted by atomic mass is 10.0.